The molecule has 0 aliphatic carbocycles. The van der Waals surface area contributed by atoms with E-state index in [2.05, 4.69) is 58.2 Å². The Hall–Kier alpha value is -3.88. The fourth-order valence-corrected chi connectivity index (χ4v) is 5.73. The Bertz CT molecular complexity index is 1570. The predicted octanol–water partition coefficient (Wildman–Crippen LogP) is 5.26. The fourth-order valence-electron chi connectivity index (χ4n) is 5.73. The van der Waals surface area contributed by atoms with Crippen LogP contribution in [0.5, 0.6) is 0 Å². The van der Waals surface area contributed by atoms with Crippen LogP contribution < -0.4 is 0 Å². The van der Waals surface area contributed by atoms with E-state index in [1.54, 1.807) is 11.6 Å². The minimum Gasteiger partial charge on any atom is -0.385 e. The van der Waals surface area contributed by atoms with Gasteiger partial charge in [0.1, 0.15) is 11.3 Å². The molecule has 8 nitrogen and oxygen atoms in total. The van der Waals surface area contributed by atoms with Crippen molar-refractivity contribution in [2.45, 2.75) is 38.3 Å². The first-order valence-corrected chi connectivity index (χ1v) is 13.4. The molecule has 0 spiro atoms. The zero-order chi connectivity index (χ0) is 27.1. The van der Waals surface area contributed by atoms with Gasteiger partial charge in [-0.2, -0.15) is 0 Å². The van der Waals surface area contributed by atoms with Crippen LogP contribution in [0, 0.1) is 19.8 Å². The third-order valence-electron chi connectivity index (χ3n) is 7.70. The summed E-state index contributed by atoms with van der Waals surface area (Å²) in [5, 5.41) is 18.8. The van der Waals surface area contributed by atoms with E-state index in [1.165, 1.54) is 5.56 Å². The summed E-state index contributed by atoms with van der Waals surface area (Å²) in [6.07, 6.45) is 3.81. The van der Waals surface area contributed by atoms with Crippen molar-refractivity contribution in [3.8, 4) is 22.6 Å². The first-order chi connectivity index (χ1) is 18.8. The Kier molecular flexibility index (Phi) is 6.53. The van der Waals surface area contributed by atoms with Gasteiger partial charge in [0.2, 0.25) is 0 Å². The SMILES string of the molecule is [CH2]C(C)(O)c1ccc(-c2nc3cc(-c4c(C)nnn4C)cnc3n2C(c2ccccc2)C2CCOCC2)cc1. The van der Waals surface area contributed by atoms with Crippen LogP contribution >= 0.6 is 0 Å². The van der Waals surface area contributed by atoms with E-state index < -0.39 is 5.60 Å². The molecule has 1 N–H and O–H groups in total. The second kappa shape index (κ2) is 10.0. The molecule has 1 radical (unpaired) electrons. The Morgan fingerprint density at radius 1 is 1.05 bits per heavy atom. The number of rotatable bonds is 6. The summed E-state index contributed by atoms with van der Waals surface area (Å²) < 4.78 is 9.82. The van der Waals surface area contributed by atoms with Crippen molar-refractivity contribution in [1.29, 1.82) is 0 Å². The van der Waals surface area contributed by atoms with Gasteiger partial charge in [-0.1, -0.05) is 59.8 Å². The van der Waals surface area contributed by atoms with Gasteiger partial charge in [0.25, 0.3) is 0 Å². The Balaban J connectivity index is 1.58. The van der Waals surface area contributed by atoms with Crippen molar-refractivity contribution in [1.82, 2.24) is 29.5 Å². The Morgan fingerprint density at radius 3 is 2.41 bits per heavy atom. The van der Waals surface area contributed by atoms with Gasteiger partial charge >= 0.3 is 0 Å². The summed E-state index contributed by atoms with van der Waals surface area (Å²) in [6, 6.07) is 20.6. The highest BCUT2D eigenvalue weighted by Crippen LogP contribution is 2.40. The summed E-state index contributed by atoms with van der Waals surface area (Å²) >= 11 is 0. The molecule has 2 unspecified atom stereocenters. The minimum atomic E-state index is -1.17. The van der Waals surface area contributed by atoms with Crippen LogP contribution in [-0.2, 0) is 17.4 Å². The van der Waals surface area contributed by atoms with E-state index in [1.807, 2.05) is 44.4 Å². The van der Waals surface area contributed by atoms with Crippen LogP contribution in [-0.4, -0.2) is 47.8 Å². The maximum atomic E-state index is 10.4. The minimum absolute atomic E-state index is 0.0316. The van der Waals surface area contributed by atoms with E-state index in [-0.39, 0.29) is 6.04 Å². The van der Waals surface area contributed by atoms with Gasteiger partial charge in [0.15, 0.2) is 5.65 Å². The van der Waals surface area contributed by atoms with E-state index in [0.29, 0.717) is 5.92 Å². The number of aryl methyl sites for hydroxylation is 2. The standard InChI is InChI=1S/C31H33N6O2/c1-20-27(36(4)35-34-20)24-18-26-30(32-19-24)37(29(33-26)23-10-12-25(13-11-23)31(2,3)38)28(21-8-6-5-7-9-21)22-14-16-39-17-15-22/h5-13,18-19,22,28,38H,2,14-17H2,1,3-4H3. The summed E-state index contributed by atoms with van der Waals surface area (Å²) in [5.74, 6) is 1.20. The second-order valence-electron chi connectivity index (χ2n) is 10.7. The van der Waals surface area contributed by atoms with Gasteiger partial charge in [-0.3, -0.25) is 0 Å². The van der Waals surface area contributed by atoms with Crippen LogP contribution in [0.4, 0.5) is 0 Å². The first-order valence-electron chi connectivity index (χ1n) is 13.4. The van der Waals surface area contributed by atoms with Gasteiger partial charge < -0.3 is 14.4 Å². The number of ether oxygens (including phenoxy) is 1. The normalized spacial score (nSPS) is 15.6. The van der Waals surface area contributed by atoms with Gasteiger partial charge in [-0.15, -0.1) is 5.10 Å². The molecule has 0 saturated carbocycles. The van der Waals surface area contributed by atoms with Gasteiger partial charge in [-0.05, 0) is 56.7 Å². The van der Waals surface area contributed by atoms with Crippen LogP contribution in [0.2, 0.25) is 0 Å². The lowest BCUT2D eigenvalue weighted by atomic mass is 9.86. The third kappa shape index (κ3) is 4.75. The molecule has 8 heteroatoms. The molecule has 3 aromatic heterocycles. The van der Waals surface area contributed by atoms with E-state index >= 15 is 0 Å². The zero-order valence-electron chi connectivity index (χ0n) is 22.6. The first kappa shape index (κ1) is 25.4. The molecule has 0 amide bonds. The maximum Gasteiger partial charge on any atom is 0.160 e. The predicted molar refractivity (Wildman–Crippen MR) is 151 cm³/mol. The molecule has 0 bridgehead atoms. The highest BCUT2D eigenvalue weighted by Gasteiger charge is 2.31. The molecule has 1 saturated heterocycles. The second-order valence-corrected chi connectivity index (χ2v) is 10.7. The maximum absolute atomic E-state index is 10.4. The number of imidazole rings is 1. The van der Waals surface area contributed by atoms with E-state index in [4.69, 9.17) is 14.7 Å². The molecule has 1 fully saturated rings. The smallest absolute Gasteiger partial charge is 0.160 e. The average molecular weight is 522 g/mol. The molecular formula is C31H33N6O2. The van der Waals surface area contributed by atoms with Crippen molar-refractivity contribution in [3.05, 3.63) is 90.6 Å². The molecule has 2 aromatic carbocycles. The van der Waals surface area contributed by atoms with Crippen LogP contribution in [0.25, 0.3) is 33.8 Å². The Labute approximate surface area is 228 Å². The number of hydrogen-bond donors (Lipinski definition) is 1. The number of nitrogens with zero attached hydrogens (tertiary/aromatic N) is 6. The number of aromatic nitrogens is 6. The summed E-state index contributed by atoms with van der Waals surface area (Å²) in [5.41, 5.74) is 6.09. The van der Waals surface area contributed by atoms with Crippen LogP contribution in [0.1, 0.15) is 42.6 Å². The zero-order valence-corrected chi connectivity index (χ0v) is 22.6. The molecule has 6 rings (SSSR count). The lowest BCUT2D eigenvalue weighted by Crippen LogP contribution is -2.27. The molecule has 199 valence electrons. The number of benzene rings is 2. The lowest BCUT2D eigenvalue weighted by Gasteiger charge is -2.33. The molecule has 2 atom stereocenters. The molecule has 1 aliphatic heterocycles. The summed E-state index contributed by atoms with van der Waals surface area (Å²) in [6.45, 7) is 9.00. The van der Waals surface area contributed by atoms with Crippen molar-refractivity contribution >= 4 is 11.2 Å². The van der Waals surface area contributed by atoms with Crippen molar-refractivity contribution < 1.29 is 9.84 Å². The molecule has 5 aromatic rings. The monoisotopic (exact) mass is 521 g/mol. The number of pyridine rings is 1. The van der Waals surface area contributed by atoms with Gasteiger partial charge in [-0.25, -0.2) is 14.6 Å². The topological polar surface area (TPSA) is 90.9 Å². The lowest BCUT2D eigenvalue weighted by molar-refractivity contribution is 0.0549. The summed E-state index contributed by atoms with van der Waals surface area (Å²) in [7, 11) is 1.89. The number of hydrogen-bond acceptors (Lipinski definition) is 6. The highest BCUT2D eigenvalue weighted by atomic mass is 16.5. The average Bonchev–Trinajstić information content (AvgIpc) is 3.48. The number of aliphatic hydroxyl groups is 1. The molecular weight excluding hydrogens is 488 g/mol. The Morgan fingerprint density at radius 2 is 1.77 bits per heavy atom. The third-order valence-corrected chi connectivity index (χ3v) is 7.70. The highest BCUT2D eigenvalue weighted by molar-refractivity contribution is 5.82. The van der Waals surface area contributed by atoms with Crippen molar-refractivity contribution in [3.63, 3.8) is 0 Å². The fraction of sp³-hybridized carbons (Fsp3) is 0.323. The van der Waals surface area contributed by atoms with Crippen LogP contribution in [0.3, 0.4) is 0 Å². The number of fused-ring (bicyclic) bond motifs is 1. The molecule has 4 heterocycles. The van der Waals surface area contributed by atoms with Crippen LogP contribution in [0.15, 0.2) is 66.9 Å². The van der Waals surface area contributed by atoms with E-state index in [9.17, 15) is 5.11 Å². The van der Waals surface area contributed by atoms with Crippen molar-refractivity contribution in [2.24, 2.45) is 13.0 Å². The molecule has 1 aliphatic rings. The van der Waals surface area contributed by atoms with Crippen molar-refractivity contribution in [2.75, 3.05) is 13.2 Å². The summed E-state index contributed by atoms with van der Waals surface area (Å²) in [4.78, 5) is 10.2. The quantitative estimate of drug-likeness (QED) is 0.328. The van der Waals surface area contributed by atoms with Gasteiger partial charge in [0, 0.05) is 37.6 Å². The molecule has 39 heavy (non-hydrogen) atoms. The largest absolute Gasteiger partial charge is 0.385 e. The van der Waals surface area contributed by atoms with E-state index in [0.717, 1.165) is 71.1 Å². The van der Waals surface area contributed by atoms with Gasteiger partial charge in [0.05, 0.1) is 23.0 Å².